The maximum atomic E-state index is 13.0. The topological polar surface area (TPSA) is 118 Å². The first-order chi connectivity index (χ1) is 15.3. The van der Waals surface area contributed by atoms with Crippen LogP contribution in [0, 0.1) is 6.92 Å². The molecule has 0 radical (unpaired) electrons. The van der Waals surface area contributed by atoms with Gasteiger partial charge < -0.3 is 5.32 Å². The van der Waals surface area contributed by atoms with Gasteiger partial charge in [0.1, 0.15) is 5.82 Å². The molecule has 4 rings (SSSR count). The summed E-state index contributed by atoms with van der Waals surface area (Å²) in [6, 6.07) is 17.3. The SMILES string of the molecule is C/C(=N\N=C1/NC(=O)CS1)c1ccc(S(=O)(=O)Nc2cc(C)nn2-c2ccccc2)cc1. The van der Waals surface area contributed by atoms with Crippen molar-refractivity contribution >= 4 is 44.4 Å². The van der Waals surface area contributed by atoms with Gasteiger partial charge in [-0.05, 0) is 43.7 Å². The number of amidine groups is 1. The second-order valence-electron chi connectivity index (χ2n) is 6.98. The molecule has 2 heterocycles. The van der Waals surface area contributed by atoms with Gasteiger partial charge in [-0.25, -0.2) is 13.1 Å². The van der Waals surface area contributed by atoms with Crippen molar-refractivity contribution in [3.05, 3.63) is 71.9 Å². The fourth-order valence-corrected chi connectivity index (χ4v) is 4.62. The Morgan fingerprint density at radius 2 is 1.88 bits per heavy atom. The number of aryl methyl sites for hydroxylation is 1. The van der Waals surface area contributed by atoms with Gasteiger partial charge in [-0.1, -0.05) is 42.1 Å². The fourth-order valence-electron chi connectivity index (χ4n) is 2.97. The number of hydrogen-bond acceptors (Lipinski definition) is 7. The summed E-state index contributed by atoms with van der Waals surface area (Å²) in [4.78, 5) is 11.3. The average molecular weight is 469 g/mol. The lowest BCUT2D eigenvalue weighted by atomic mass is 10.1. The molecule has 1 aliphatic rings. The van der Waals surface area contributed by atoms with E-state index in [1.54, 1.807) is 36.7 Å². The van der Waals surface area contributed by atoms with Crippen LogP contribution in [-0.2, 0) is 14.8 Å². The van der Waals surface area contributed by atoms with Crippen LogP contribution in [0.4, 0.5) is 5.82 Å². The highest BCUT2D eigenvalue weighted by Gasteiger charge is 2.19. The van der Waals surface area contributed by atoms with E-state index in [2.05, 4.69) is 25.3 Å². The number of carbonyl (C=O) groups excluding carboxylic acids is 1. The Morgan fingerprint density at radius 3 is 2.53 bits per heavy atom. The van der Waals surface area contributed by atoms with Crippen molar-refractivity contribution in [1.82, 2.24) is 15.1 Å². The monoisotopic (exact) mass is 468 g/mol. The number of para-hydroxylation sites is 1. The minimum absolute atomic E-state index is 0.104. The van der Waals surface area contributed by atoms with Crippen LogP contribution >= 0.6 is 11.8 Å². The zero-order valence-corrected chi connectivity index (χ0v) is 18.9. The van der Waals surface area contributed by atoms with Crippen LogP contribution in [0.5, 0.6) is 0 Å². The summed E-state index contributed by atoms with van der Waals surface area (Å²) in [7, 11) is -3.83. The highest BCUT2D eigenvalue weighted by molar-refractivity contribution is 8.15. The van der Waals surface area contributed by atoms with Gasteiger partial charge >= 0.3 is 0 Å². The highest BCUT2D eigenvalue weighted by atomic mass is 32.2. The van der Waals surface area contributed by atoms with Gasteiger partial charge in [0.25, 0.3) is 10.0 Å². The molecule has 1 fully saturated rings. The third-order valence-corrected chi connectivity index (χ3v) is 6.77. The van der Waals surface area contributed by atoms with Crippen LogP contribution in [0.1, 0.15) is 18.2 Å². The van der Waals surface area contributed by atoms with E-state index in [4.69, 9.17) is 0 Å². The Labute approximate surface area is 189 Å². The van der Waals surface area contributed by atoms with Crippen molar-refractivity contribution in [2.24, 2.45) is 10.2 Å². The number of hydrogen-bond donors (Lipinski definition) is 2. The second-order valence-corrected chi connectivity index (χ2v) is 9.62. The molecule has 0 aliphatic carbocycles. The normalized spacial score (nSPS) is 15.8. The Balaban J connectivity index is 1.54. The number of amides is 1. The van der Waals surface area contributed by atoms with E-state index >= 15 is 0 Å². The summed E-state index contributed by atoms with van der Waals surface area (Å²) in [5, 5.41) is 15.6. The van der Waals surface area contributed by atoms with Gasteiger partial charge in [-0.15, -0.1) is 5.10 Å². The van der Waals surface area contributed by atoms with Crippen molar-refractivity contribution in [1.29, 1.82) is 0 Å². The maximum absolute atomic E-state index is 13.0. The predicted octanol–water partition coefficient (Wildman–Crippen LogP) is 2.92. The summed E-state index contributed by atoms with van der Waals surface area (Å²) in [6.07, 6.45) is 0. The zero-order valence-electron chi connectivity index (χ0n) is 17.3. The molecule has 1 saturated heterocycles. The largest absolute Gasteiger partial charge is 0.303 e. The molecule has 3 aromatic rings. The standard InChI is InChI=1S/C21H20N6O3S2/c1-14-12-19(27(25-14)17-6-4-3-5-7-17)26-32(29,30)18-10-8-16(9-11-18)15(2)23-24-21-22-20(28)13-31-21/h3-12,26H,13H2,1-2H3,(H,22,24,28)/b23-15+. The lowest BCUT2D eigenvalue weighted by Gasteiger charge is -2.11. The minimum atomic E-state index is -3.83. The Kier molecular flexibility index (Phi) is 6.10. The number of sulfonamides is 1. The number of nitrogens with zero attached hydrogens (tertiary/aromatic N) is 4. The van der Waals surface area contributed by atoms with E-state index in [0.29, 0.717) is 33.7 Å². The van der Waals surface area contributed by atoms with Crippen molar-refractivity contribution in [3.8, 4) is 5.69 Å². The number of rotatable bonds is 6. The molecule has 1 aromatic heterocycles. The van der Waals surface area contributed by atoms with E-state index in [-0.39, 0.29) is 10.8 Å². The van der Waals surface area contributed by atoms with Gasteiger partial charge in [0.05, 0.1) is 27.7 Å². The lowest BCUT2D eigenvalue weighted by Crippen LogP contribution is -2.19. The molecule has 9 nitrogen and oxygen atoms in total. The third kappa shape index (κ3) is 4.89. The van der Waals surface area contributed by atoms with E-state index in [0.717, 1.165) is 5.69 Å². The van der Waals surface area contributed by atoms with Crippen molar-refractivity contribution in [2.75, 3.05) is 10.5 Å². The van der Waals surface area contributed by atoms with Crippen molar-refractivity contribution in [3.63, 3.8) is 0 Å². The molecular formula is C21H20N6O3S2. The number of anilines is 1. The van der Waals surface area contributed by atoms with Crippen LogP contribution in [0.15, 0.2) is 75.8 Å². The molecule has 2 aromatic carbocycles. The molecule has 0 spiro atoms. The fraction of sp³-hybridized carbons (Fsp3) is 0.143. The number of nitrogens with one attached hydrogen (secondary N) is 2. The van der Waals surface area contributed by atoms with Crippen LogP contribution in [0.2, 0.25) is 0 Å². The average Bonchev–Trinajstić information content (AvgIpc) is 3.37. The summed E-state index contributed by atoms with van der Waals surface area (Å²) < 4.78 is 30.1. The third-order valence-electron chi connectivity index (χ3n) is 4.53. The molecule has 1 aliphatic heterocycles. The first-order valence-electron chi connectivity index (χ1n) is 9.62. The molecule has 0 bridgehead atoms. The Hall–Kier alpha value is -3.44. The van der Waals surface area contributed by atoms with Crippen molar-refractivity contribution < 1.29 is 13.2 Å². The van der Waals surface area contributed by atoms with Gasteiger partial charge in [0.15, 0.2) is 5.17 Å². The summed E-state index contributed by atoms with van der Waals surface area (Å²) in [5.41, 5.74) is 2.74. The summed E-state index contributed by atoms with van der Waals surface area (Å²) in [6.45, 7) is 3.56. The van der Waals surface area contributed by atoms with Crippen LogP contribution in [-0.4, -0.2) is 40.7 Å². The van der Waals surface area contributed by atoms with Crippen LogP contribution in [0.3, 0.4) is 0 Å². The lowest BCUT2D eigenvalue weighted by molar-refractivity contribution is -0.116. The molecule has 11 heteroatoms. The predicted molar refractivity (Wildman–Crippen MR) is 126 cm³/mol. The van der Waals surface area contributed by atoms with E-state index in [1.807, 2.05) is 30.3 Å². The molecule has 1 amide bonds. The van der Waals surface area contributed by atoms with Crippen LogP contribution < -0.4 is 10.0 Å². The minimum Gasteiger partial charge on any atom is -0.303 e. The van der Waals surface area contributed by atoms with Gasteiger partial charge in [-0.2, -0.15) is 10.2 Å². The molecule has 2 N–H and O–H groups in total. The smallest absolute Gasteiger partial charge is 0.263 e. The van der Waals surface area contributed by atoms with Gasteiger partial charge in [-0.3, -0.25) is 9.52 Å². The molecule has 164 valence electrons. The summed E-state index contributed by atoms with van der Waals surface area (Å²) in [5.74, 6) is 0.574. The second kappa shape index (κ2) is 8.97. The Morgan fingerprint density at radius 1 is 1.16 bits per heavy atom. The zero-order chi connectivity index (χ0) is 22.7. The number of carbonyl (C=O) groups is 1. The quantitative estimate of drug-likeness (QED) is 0.426. The number of aromatic nitrogens is 2. The van der Waals surface area contributed by atoms with Crippen molar-refractivity contribution in [2.45, 2.75) is 18.7 Å². The molecule has 32 heavy (non-hydrogen) atoms. The number of benzene rings is 2. The van der Waals surface area contributed by atoms with E-state index in [9.17, 15) is 13.2 Å². The highest BCUT2D eigenvalue weighted by Crippen LogP contribution is 2.21. The molecule has 0 unspecified atom stereocenters. The first kappa shape index (κ1) is 21.8. The maximum Gasteiger partial charge on any atom is 0.263 e. The first-order valence-corrected chi connectivity index (χ1v) is 12.1. The summed E-state index contributed by atoms with van der Waals surface area (Å²) >= 11 is 1.28. The van der Waals surface area contributed by atoms with E-state index in [1.165, 1.54) is 23.9 Å². The Bertz CT molecular complexity index is 1310. The van der Waals surface area contributed by atoms with Gasteiger partial charge in [0, 0.05) is 6.07 Å². The molecule has 0 atom stereocenters. The number of thioether (sulfide) groups is 1. The molecular weight excluding hydrogens is 448 g/mol. The molecule has 0 saturated carbocycles. The van der Waals surface area contributed by atoms with Crippen LogP contribution in [0.25, 0.3) is 5.69 Å². The van der Waals surface area contributed by atoms with E-state index < -0.39 is 10.0 Å². The van der Waals surface area contributed by atoms with Gasteiger partial charge in [0.2, 0.25) is 5.91 Å².